The first-order valence-corrected chi connectivity index (χ1v) is 15.9. The zero-order chi connectivity index (χ0) is 30.0. The Morgan fingerprint density at radius 2 is 1.81 bits per heavy atom. The molecule has 0 bridgehead atoms. The van der Waals surface area contributed by atoms with E-state index in [0.717, 1.165) is 76.9 Å². The van der Waals surface area contributed by atoms with Gasteiger partial charge in [-0.25, -0.2) is 0 Å². The molecule has 234 valence electrons. The quantitative estimate of drug-likeness (QED) is 0.376. The van der Waals surface area contributed by atoms with E-state index < -0.39 is 23.7 Å². The van der Waals surface area contributed by atoms with E-state index in [1.54, 1.807) is 10.7 Å². The highest BCUT2D eigenvalue weighted by Gasteiger charge is 2.45. The maximum absolute atomic E-state index is 14.0. The molecule has 1 aromatic heterocycles. The van der Waals surface area contributed by atoms with E-state index in [2.05, 4.69) is 20.6 Å². The second-order valence-electron chi connectivity index (χ2n) is 12.9. The van der Waals surface area contributed by atoms with E-state index in [1.165, 1.54) is 24.6 Å². The van der Waals surface area contributed by atoms with Gasteiger partial charge in [-0.15, -0.1) is 0 Å². The van der Waals surface area contributed by atoms with Gasteiger partial charge in [0.1, 0.15) is 0 Å². The zero-order valence-corrected chi connectivity index (χ0v) is 24.6. The highest BCUT2D eigenvalue weighted by Crippen LogP contribution is 2.40. The molecular formula is C32H42F3N5O3. The first kappa shape index (κ1) is 30.1. The molecule has 4 fully saturated rings. The number of ether oxygens (including phenoxy) is 1. The Morgan fingerprint density at radius 3 is 2.49 bits per heavy atom. The van der Waals surface area contributed by atoms with Crippen molar-refractivity contribution in [3.63, 3.8) is 0 Å². The van der Waals surface area contributed by atoms with Crippen LogP contribution in [0.3, 0.4) is 0 Å². The van der Waals surface area contributed by atoms with Crippen LogP contribution < -0.4 is 10.6 Å². The number of rotatable bonds is 10. The fraction of sp³-hybridized carbons (Fsp3) is 0.656. The van der Waals surface area contributed by atoms with Gasteiger partial charge >= 0.3 is 6.18 Å². The summed E-state index contributed by atoms with van der Waals surface area (Å²) in [5, 5.41) is 10.7. The van der Waals surface area contributed by atoms with Gasteiger partial charge in [0.05, 0.1) is 36.1 Å². The second kappa shape index (κ2) is 12.6. The van der Waals surface area contributed by atoms with E-state index >= 15 is 0 Å². The van der Waals surface area contributed by atoms with E-state index in [-0.39, 0.29) is 41.2 Å². The van der Waals surface area contributed by atoms with Crippen LogP contribution in [0, 0.1) is 0 Å². The Hall–Kier alpha value is -2.92. The van der Waals surface area contributed by atoms with Gasteiger partial charge in [-0.3, -0.25) is 19.2 Å². The molecule has 1 atom stereocenters. The predicted octanol–water partition coefficient (Wildman–Crippen LogP) is 5.49. The molecule has 43 heavy (non-hydrogen) atoms. The van der Waals surface area contributed by atoms with Crippen molar-refractivity contribution >= 4 is 11.8 Å². The molecule has 2 aliphatic heterocycles. The first-order chi connectivity index (χ1) is 20.7. The number of carbonyl (C=O) groups is 2. The fourth-order valence-corrected chi connectivity index (χ4v) is 7.11. The molecule has 3 heterocycles. The molecule has 2 aromatic rings. The topological polar surface area (TPSA) is 88.5 Å². The summed E-state index contributed by atoms with van der Waals surface area (Å²) in [6.07, 6.45) is 6.15. The summed E-state index contributed by atoms with van der Waals surface area (Å²) in [4.78, 5) is 29.1. The summed E-state index contributed by atoms with van der Waals surface area (Å²) in [6, 6.07) is 6.63. The van der Waals surface area contributed by atoms with Crippen LogP contribution >= 0.6 is 0 Å². The summed E-state index contributed by atoms with van der Waals surface area (Å²) in [7, 11) is 0. The molecule has 2 N–H and O–H groups in total. The number of aromatic nitrogens is 2. The van der Waals surface area contributed by atoms with Gasteiger partial charge in [0.2, 0.25) is 5.91 Å². The number of amides is 2. The lowest BCUT2D eigenvalue weighted by molar-refractivity contribution is -0.156. The number of halogens is 3. The number of carbonyl (C=O) groups excluding carboxylic acids is 2. The number of hydrogen-bond acceptors (Lipinski definition) is 5. The van der Waals surface area contributed by atoms with Crippen molar-refractivity contribution in [2.24, 2.45) is 0 Å². The number of benzene rings is 1. The summed E-state index contributed by atoms with van der Waals surface area (Å²) in [6.45, 7) is 3.12. The van der Waals surface area contributed by atoms with Crippen molar-refractivity contribution in [1.29, 1.82) is 0 Å². The minimum atomic E-state index is -4.54. The van der Waals surface area contributed by atoms with Crippen molar-refractivity contribution in [3.8, 4) is 11.3 Å². The molecule has 1 aromatic carbocycles. The van der Waals surface area contributed by atoms with E-state index in [4.69, 9.17) is 4.74 Å². The lowest BCUT2D eigenvalue weighted by Gasteiger charge is -2.52. The molecule has 2 aliphatic carbocycles. The van der Waals surface area contributed by atoms with E-state index in [9.17, 15) is 22.8 Å². The van der Waals surface area contributed by atoms with Crippen LogP contribution in [0.4, 0.5) is 13.2 Å². The first-order valence-electron chi connectivity index (χ1n) is 15.9. The van der Waals surface area contributed by atoms with Gasteiger partial charge in [0, 0.05) is 30.6 Å². The molecule has 6 rings (SSSR count). The van der Waals surface area contributed by atoms with Gasteiger partial charge < -0.3 is 15.4 Å². The second-order valence-corrected chi connectivity index (χ2v) is 12.9. The molecule has 2 saturated carbocycles. The summed E-state index contributed by atoms with van der Waals surface area (Å²) in [5.41, 5.74) is -0.304. The molecule has 2 saturated heterocycles. The molecule has 8 nitrogen and oxygen atoms in total. The SMILES string of the molecule is O=C(CC(CCN1CCCCC12COC2)NC(=O)c1cc(-c2ccccc2C(F)(F)F)n(C2CCCC2)n1)NC1CCC1. The number of nitrogens with one attached hydrogen (secondary N) is 2. The summed E-state index contributed by atoms with van der Waals surface area (Å²) >= 11 is 0. The third-order valence-electron chi connectivity index (χ3n) is 9.86. The van der Waals surface area contributed by atoms with Gasteiger partial charge in [-0.05, 0) is 70.0 Å². The summed E-state index contributed by atoms with van der Waals surface area (Å²) < 4.78 is 49.1. The van der Waals surface area contributed by atoms with Crippen LogP contribution in [0.15, 0.2) is 30.3 Å². The number of nitrogens with zero attached hydrogens (tertiary/aromatic N) is 3. The Balaban J connectivity index is 1.23. The number of likely N-dealkylation sites (tertiary alicyclic amines) is 1. The minimum absolute atomic E-state index is 0.0167. The molecule has 1 spiro atoms. The Morgan fingerprint density at radius 1 is 1.05 bits per heavy atom. The molecule has 1 unspecified atom stereocenters. The molecule has 2 amide bonds. The standard InChI is InChI=1S/C32H42F3N5O3/c33-32(34,35)26-13-4-3-12-25(26)28-19-27(38-40(28)24-10-1-2-11-24)30(42)37-23(18-29(41)36-22-8-7-9-22)14-17-39-16-6-5-15-31(39)20-43-21-31/h3-4,12-13,19,22-24H,1-2,5-11,14-18,20-21H2,(H,36,41)(H,37,42). The maximum Gasteiger partial charge on any atom is 0.417 e. The van der Waals surface area contributed by atoms with Crippen molar-refractivity contribution in [2.75, 3.05) is 26.3 Å². The normalized spacial score (nSPS) is 21.7. The summed E-state index contributed by atoms with van der Waals surface area (Å²) in [5.74, 6) is -0.559. The van der Waals surface area contributed by atoms with E-state index in [0.29, 0.717) is 25.3 Å². The molecule has 11 heteroatoms. The van der Waals surface area contributed by atoms with Crippen LogP contribution in [-0.4, -0.2) is 70.4 Å². The van der Waals surface area contributed by atoms with Gasteiger partial charge in [-0.2, -0.15) is 18.3 Å². The number of piperidine rings is 1. The minimum Gasteiger partial charge on any atom is -0.377 e. The largest absolute Gasteiger partial charge is 0.417 e. The molecule has 0 radical (unpaired) electrons. The van der Waals surface area contributed by atoms with E-state index in [1.807, 2.05) is 0 Å². The number of alkyl halides is 3. The third kappa shape index (κ3) is 6.62. The van der Waals surface area contributed by atoms with Gasteiger partial charge in [0.15, 0.2) is 5.69 Å². The van der Waals surface area contributed by atoms with Crippen molar-refractivity contribution in [3.05, 3.63) is 41.6 Å². The lowest BCUT2D eigenvalue weighted by atomic mass is 9.84. The average molecular weight is 602 g/mol. The van der Waals surface area contributed by atoms with Crippen LogP contribution in [0.1, 0.15) is 99.1 Å². The number of hydrogen-bond donors (Lipinski definition) is 2. The van der Waals surface area contributed by atoms with Crippen molar-refractivity contribution < 1.29 is 27.5 Å². The molecule has 4 aliphatic rings. The lowest BCUT2D eigenvalue weighted by Crippen LogP contribution is -2.64. The van der Waals surface area contributed by atoms with Gasteiger partial charge in [-0.1, -0.05) is 37.5 Å². The van der Waals surface area contributed by atoms with Crippen LogP contribution in [-0.2, 0) is 15.7 Å². The van der Waals surface area contributed by atoms with Crippen molar-refractivity contribution in [2.45, 2.75) is 107 Å². The zero-order valence-electron chi connectivity index (χ0n) is 24.6. The monoisotopic (exact) mass is 601 g/mol. The Labute approximate surface area is 250 Å². The predicted molar refractivity (Wildman–Crippen MR) is 155 cm³/mol. The smallest absolute Gasteiger partial charge is 0.377 e. The van der Waals surface area contributed by atoms with Crippen LogP contribution in [0.5, 0.6) is 0 Å². The van der Waals surface area contributed by atoms with Crippen LogP contribution in [0.25, 0.3) is 11.3 Å². The third-order valence-corrected chi connectivity index (χ3v) is 9.86. The Bertz CT molecular complexity index is 1300. The maximum atomic E-state index is 14.0. The average Bonchev–Trinajstić information content (AvgIpc) is 3.63. The molecular weight excluding hydrogens is 559 g/mol. The van der Waals surface area contributed by atoms with Crippen LogP contribution in [0.2, 0.25) is 0 Å². The Kier molecular flexibility index (Phi) is 8.82. The fourth-order valence-electron chi connectivity index (χ4n) is 7.11. The highest BCUT2D eigenvalue weighted by atomic mass is 19.4. The van der Waals surface area contributed by atoms with Gasteiger partial charge in [0.25, 0.3) is 5.91 Å². The highest BCUT2D eigenvalue weighted by molar-refractivity contribution is 5.94. The van der Waals surface area contributed by atoms with Crippen molar-refractivity contribution in [1.82, 2.24) is 25.3 Å².